The second kappa shape index (κ2) is 4.63. The van der Waals surface area contributed by atoms with Gasteiger partial charge in [0.25, 0.3) is 0 Å². The van der Waals surface area contributed by atoms with Crippen molar-refractivity contribution in [1.29, 1.82) is 0 Å². The number of hydrogen-bond acceptors (Lipinski definition) is 4. The number of carbonyl (C=O) groups is 1. The third-order valence-corrected chi connectivity index (χ3v) is 2.77. The van der Waals surface area contributed by atoms with Crippen LogP contribution in [0.5, 0.6) is 0 Å². The first-order chi connectivity index (χ1) is 7.70. The van der Waals surface area contributed by atoms with Gasteiger partial charge in [-0.15, -0.1) is 0 Å². The smallest absolute Gasteiger partial charge is 0.327 e. The lowest BCUT2D eigenvalue weighted by molar-refractivity contribution is -0.145. The predicted octanol–water partition coefficient (Wildman–Crippen LogP) is 0.176. The van der Waals surface area contributed by atoms with Gasteiger partial charge in [-0.1, -0.05) is 0 Å². The Morgan fingerprint density at radius 3 is 2.81 bits per heavy atom. The lowest BCUT2D eigenvalue weighted by atomic mass is 10.1. The highest BCUT2D eigenvalue weighted by molar-refractivity contribution is 5.75. The Hall–Kier alpha value is -1.40. The standard InChI is InChI=1S/C10H15N3O3/c1-7-8(12-6-11-7)9(10(14)15)13-2-4-16-5-3-13/h6,9H,2-5H2,1H3,(H,11,12)(H,14,15). The Bertz CT molecular complexity index is 371. The number of carboxylic acids is 1. The van der Waals surface area contributed by atoms with Gasteiger partial charge in [-0.25, -0.2) is 4.98 Å². The third-order valence-electron chi connectivity index (χ3n) is 2.77. The first-order valence-electron chi connectivity index (χ1n) is 5.24. The van der Waals surface area contributed by atoms with Gasteiger partial charge in [0.2, 0.25) is 0 Å². The quantitative estimate of drug-likeness (QED) is 0.767. The molecule has 0 bridgehead atoms. The average Bonchev–Trinajstić information content (AvgIpc) is 2.66. The molecule has 1 aliphatic heterocycles. The first kappa shape index (κ1) is 11.1. The Morgan fingerprint density at radius 1 is 1.62 bits per heavy atom. The maximum atomic E-state index is 11.3. The first-order valence-corrected chi connectivity index (χ1v) is 5.24. The summed E-state index contributed by atoms with van der Waals surface area (Å²) in [5.74, 6) is -0.864. The van der Waals surface area contributed by atoms with Crippen LogP contribution in [-0.2, 0) is 9.53 Å². The SMILES string of the molecule is Cc1[nH]cnc1C(C(=O)O)N1CCOCC1. The molecular weight excluding hydrogens is 210 g/mol. The number of imidazole rings is 1. The van der Waals surface area contributed by atoms with Crippen LogP contribution in [0.1, 0.15) is 17.4 Å². The monoisotopic (exact) mass is 225 g/mol. The number of aromatic nitrogens is 2. The maximum absolute atomic E-state index is 11.3. The number of aromatic amines is 1. The molecule has 0 amide bonds. The summed E-state index contributed by atoms with van der Waals surface area (Å²) in [6, 6.07) is -0.671. The van der Waals surface area contributed by atoms with Crippen LogP contribution in [0.3, 0.4) is 0 Å². The van der Waals surface area contributed by atoms with Crippen molar-refractivity contribution in [2.24, 2.45) is 0 Å². The number of carboxylic acid groups (broad SMARTS) is 1. The van der Waals surface area contributed by atoms with Crippen LogP contribution in [-0.4, -0.2) is 52.2 Å². The van der Waals surface area contributed by atoms with Gasteiger partial charge in [-0.05, 0) is 6.92 Å². The van der Waals surface area contributed by atoms with Gasteiger partial charge in [0, 0.05) is 18.8 Å². The second-order valence-corrected chi connectivity index (χ2v) is 3.80. The minimum absolute atomic E-state index is 0.577. The van der Waals surface area contributed by atoms with Crippen LogP contribution in [0.4, 0.5) is 0 Å². The van der Waals surface area contributed by atoms with Gasteiger partial charge in [0.15, 0.2) is 6.04 Å². The fourth-order valence-electron chi connectivity index (χ4n) is 1.93. The lowest BCUT2D eigenvalue weighted by Gasteiger charge is -2.31. The van der Waals surface area contributed by atoms with Crippen molar-refractivity contribution < 1.29 is 14.6 Å². The zero-order valence-electron chi connectivity index (χ0n) is 9.14. The minimum atomic E-state index is -0.864. The molecule has 6 heteroatoms. The van der Waals surface area contributed by atoms with Gasteiger partial charge >= 0.3 is 5.97 Å². The van der Waals surface area contributed by atoms with Crippen LogP contribution in [0.15, 0.2) is 6.33 Å². The molecule has 0 radical (unpaired) electrons. The molecule has 1 aromatic heterocycles. The van der Waals surface area contributed by atoms with E-state index in [1.165, 1.54) is 6.33 Å². The zero-order valence-corrected chi connectivity index (χ0v) is 9.14. The lowest BCUT2D eigenvalue weighted by Crippen LogP contribution is -2.42. The molecule has 1 fully saturated rings. The molecule has 16 heavy (non-hydrogen) atoms. The minimum Gasteiger partial charge on any atom is -0.480 e. The summed E-state index contributed by atoms with van der Waals surface area (Å²) in [7, 11) is 0. The zero-order chi connectivity index (χ0) is 11.5. The highest BCUT2D eigenvalue weighted by Crippen LogP contribution is 2.22. The number of nitrogens with zero attached hydrogens (tertiary/aromatic N) is 2. The summed E-state index contributed by atoms with van der Waals surface area (Å²) in [6.45, 7) is 4.24. The molecule has 0 saturated carbocycles. The molecule has 1 aromatic rings. The number of hydrogen-bond donors (Lipinski definition) is 2. The molecule has 1 unspecified atom stereocenters. The van der Waals surface area contributed by atoms with Gasteiger partial charge in [0.1, 0.15) is 0 Å². The van der Waals surface area contributed by atoms with Crippen molar-refractivity contribution in [2.75, 3.05) is 26.3 Å². The van der Waals surface area contributed by atoms with Gasteiger partial charge in [-0.2, -0.15) is 0 Å². The highest BCUT2D eigenvalue weighted by Gasteiger charge is 2.31. The molecule has 2 rings (SSSR count). The van der Waals surface area contributed by atoms with Crippen molar-refractivity contribution in [3.8, 4) is 0 Å². The Kier molecular flexibility index (Phi) is 3.21. The number of rotatable bonds is 3. The summed E-state index contributed by atoms with van der Waals surface area (Å²) in [5, 5.41) is 9.29. The molecular formula is C10H15N3O3. The van der Waals surface area contributed by atoms with E-state index in [2.05, 4.69) is 9.97 Å². The van der Waals surface area contributed by atoms with Gasteiger partial charge in [-0.3, -0.25) is 9.69 Å². The number of nitrogens with one attached hydrogen (secondary N) is 1. The molecule has 2 N–H and O–H groups in total. The van der Waals surface area contributed by atoms with E-state index >= 15 is 0 Å². The second-order valence-electron chi connectivity index (χ2n) is 3.80. The van der Waals surface area contributed by atoms with E-state index in [4.69, 9.17) is 4.74 Å². The van der Waals surface area contributed by atoms with E-state index in [0.29, 0.717) is 32.0 Å². The topological polar surface area (TPSA) is 78.5 Å². The number of H-pyrrole nitrogens is 1. The molecule has 0 aromatic carbocycles. The average molecular weight is 225 g/mol. The molecule has 1 saturated heterocycles. The molecule has 2 heterocycles. The van der Waals surface area contributed by atoms with Crippen LogP contribution < -0.4 is 0 Å². The van der Waals surface area contributed by atoms with Crippen molar-refractivity contribution in [3.63, 3.8) is 0 Å². The summed E-state index contributed by atoms with van der Waals surface area (Å²) in [5.41, 5.74) is 1.40. The van der Waals surface area contributed by atoms with Crippen molar-refractivity contribution in [2.45, 2.75) is 13.0 Å². The summed E-state index contributed by atoms with van der Waals surface area (Å²) in [6.07, 6.45) is 1.53. The maximum Gasteiger partial charge on any atom is 0.327 e. The fourth-order valence-corrected chi connectivity index (χ4v) is 1.93. The Morgan fingerprint density at radius 2 is 2.31 bits per heavy atom. The van der Waals surface area contributed by atoms with Crippen molar-refractivity contribution >= 4 is 5.97 Å². The molecule has 6 nitrogen and oxygen atoms in total. The predicted molar refractivity (Wildman–Crippen MR) is 56.1 cm³/mol. The Labute approximate surface area is 93.2 Å². The van der Waals surface area contributed by atoms with Crippen molar-refractivity contribution in [3.05, 3.63) is 17.7 Å². The molecule has 88 valence electrons. The van der Waals surface area contributed by atoms with E-state index in [1.807, 2.05) is 11.8 Å². The van der Waals surface area contributed by atoms with Crippen molar-refractivity contribution in [1.82, 2.24) is 14.9 Å². The number of aryl methyl sites for hydroxylation is 1. The molecule has 1 atom stereocenters. The van der Waals surface area contributed by atoms with Crippen LogP contribution in [0, 0.1) is 6.92 Å². The largest absolute Gasteiger partial charge is 0.480 e. The van der Waals surface area contributed by atoms with Crippen LogP contribution in [0.2, 0.25) is 0 Å². The normalized spacial score (nSPS) is 19.6. The van der Waals surface area contributed by atoms with E-state index in [-0.39, 0.29) is 0 Å². The summed E-state index contributed by atoms with van der Waals surface area (Å²) < 4.78 is 5.21. The van der Waals surface area contributed by atoms with E-state index in [9.17, 15) is 9.90 Å². The fraction of sp³-hybridized carbons (Fsp3) is 0.600. The van der Waals surface area contributed by atoms with Gasteiger partial charge in [0.05, 0.1) is 25.2 Å². The Balaban J connectivity index is 2.23. The number of morpholine rings is 1. The van der Waals surface area contributed by atoms with Crippen LogP contribution >= 0.6 is 0 Å². The van der Waals surface area contributed by atoms with E-state index in [0.717, 1.165) is 5.69 Å². The summed E-state index contributed by atoms with van der Waals surface area (Å²) in [4.78, 5) is 20.2. The van der Waals surface area contributed by atoms with E-state index < -0.39 is 12.0 Å². The molecule has 1 aliphatic rings. The third kappa shape index (κ3) is 2.07. The van der Waals surface area contributed by atoms with Crippen LogP contribution in [0.25, 0.3) is 0 Å². The highest BCUT2D eigenvalue weighted by atomic mass is 16.5. The number of aliphatic carboxylic acids is 1. The molecule has 0 spiro atoms. The van der Waals surface area contributed by atoms with Gasteiger partial charge < -0.3 is 14.8 Å². The molecule has 0 aliphatic carbocycles. The number of ether oxygens (including phenoxy) is 1. The summed E-state index contributed by atoms with van der Waals surface area (Å²) >= 11 is 0. The van der Waals surface area contributed by atoms with E-state index in [1.54, 1.807) is 0 Å².